The Kier molecular flexibility index (Phi) is 4.74. The van der Waals surface area contributed by atoms with Crippen molar-refractivity contribution >= 4 is 33.3 Å². The molecule has 1 heterocycles. The van der Waals surface area contributed by atoms with E-state index in [0.29, 0.717) is 11.5 Å². The number of anilines is 2. The fourth-order valence-corrected chi connectivity index (χ4v) is 2.00. The number of benzene rings is 1. The molecule has 0 saturated carbocycles. The van der Waals surface area contributed by atoms with Gasteiger partial charge in [0.05, 0.1) is 0 Å². The first-order chi connectivity index (χ1) is 9.60. The molecule has 1 aromatic carbocycles. The van der Waals surface area contributed by atoms with Crippen LogP contribution in [0.15, 0.2) is 40.9 Å². The van der Waals surface area contributed by atoms with Gasteiger partial charge in [0.25, 0.3) is 5.91 Å². The zero-order chi connectivity index (χ0) is 14.5. The van der Waals surface area contributed by atoms with Crippen LogP contribution in [0.2, 0.25) is 0 Å². The molecule has 0 aliphatic heterocycles. The van der Waals surface area contributed by atoms with Crippen molar-refractivity contribution in [2.75, 3.05) is 17.2 Å². The van der Waals surface area contributed by atoms with E-state index in [0.717, 1.165) is 22.3 Å². The van der Waals surface area contributed by atoms with Gasteiger partial charge in [0.2, 0.25) is 0 Å². The third-order valence-corrected chi connectivity index (χ3v) is 3.65. The van der Waals surface area contributed by atoms with E-state index in [4.69, 9.17) is 0 Å². The van der Waals surface area contributed by atoms with Crippen LogP contribution in [0, 0.1) is 6.92 Å². The maximum atomic E-state index is 12.2. The van der Waals surface area contributed by atoms with E-state index in [-0.39, 0.29) is 5.91 Å². The highest BCUT2D eigenvalue weighted by atomic mass is 79.9. The number of pyridine rings is 1. The molecule has 5 heteroatoms. The average Bonchev–Trinajstić information content (AvgIpc) is 2.43. The molecule has 0 radical (unpaired) electrons. The van der Waals surface area contributed by atoms with Gasteiger partial charge in [0.1, 0.15) is 11.5 Å². The summed E-state index contributed by atoms with van der Waals surface area (Å²) in [7, 11) is 0. The Hall–Kier alpha value is -1.88. The lowest BCUT2D eigenvalue weighted by Gasteiger charge is -2.08. The van der Waals surface area contributed by atoms with Crippen molar-refractivity contribution in [2.45, 2.75) is 13.8 Å². The Morgan fingerprint density at radius 1 is 1.30 bits per heavy atom. The predicted molar refractivity (Wildman–Crippen MR) is 85.2 cm³/mol. The van der Waals surface area contributed by atoms with Gasteiger partial charge < -0.3 is 10.6 Å². The maximum absolute atomic E-state index is 12.2. The van der Waals surface area contributed by atoms with Crippen LogP contribution < -0.4 is 10.6 Å². The zero-order valence-electron chi connectivity index (χ0n) is 11.4. The standard InChI is InChI=1S/C15H16BrN3O/c1-3-17-14-6-4-5-13(19-14)15(20)18-11-7-8-12(16)10(2)9-11/h4-9H,3H2,1-2H3,(H,17,19)(H,18,20). The number of carbonyl (C=O) groups excluding carboxylic acids is 1. The minimum absolute atomic E-state index is 0.216. The normalized spacial score (nSPS) is 10.2. The van der Waals surface area contributed by atoms with Gasteiger partial charge in [-0.25, -0.2) is 4.98 Å². The zero-order valence-corrected chi connectivity index (χ0v) is 13.0. The van der Waals surface area contributed by atoms with E-state index in [2.05, 4.69) is 31.5 Å². The molecule has 0 fully saturated rings. The van der Waals surface area contributed by atoms with Gasteiger partial charge >= 0.3 is 0 Å². The summed E-state index contributed by atoms with van der Waals surface area (Å²) in [5.41, 5.74) is 2.22. The molecule has 0 spiro atoms. The molecule has 0 aliphatic carbocycles. The number of nitrogens with one attached hydrogen (secondary N) is 2. The van der Waals surface area contributed by atoms with Crippen molar-refractivity contribution in [3.63, 3.8) is 0 Å². The lowest BCUT2D eigenvalue weighted by molar-refractivity contribution is 0.102. The molecule has 0 aliphatic rings. The van der Waals surface area contributed by atoms with Crippen molar-refractivity contribution in [3.8, 4) is 0 Å². The molecule has 0 atom stereocenters. The first-order valence-corrected chi connectivity index (χ1v) is 7.18. The van der Waals surface area contributed by atoms with E-state index in [1.54, 1.807) is 6.07 Å². The SMILES string of the molecule is CCNc1cccc(C(=O)Nc2ccc(Br)c(C)c2)n1. The predicted octanol–water partition coefficient (Wildman–Crippen LogP) is 3.84. The van der Waals surface area contributed by atoms with Gasteiger partial charge in [-0.3, -0.25) is 4.79 Å². The second-order valence-electron chi connectivity index (χ2n) is 4.36. The van der Waals surface area contributed by atoms with Gasteiger partial charge in [0.15, 0.2) is 0 Å². The van der Waals surface area contributed by atoms with Crippen LogP contribution in [0.5, 0.6) is 0 Å². The Morgan fingerprint density at radius 2 is 2.10 bits per heavy atom. The second kappa shape index (κ2) is 6.52. The third kappa shape index (κ3) is 3.57. The van der Waals surface area contributed by atoms with Crippen LogP contribution in [0.3, 0.4) is 0 Å². The van der Waals surface area contributed by atoms with Crippen molar-refractivity contribution in [1.29, 1.82) is 0 Å². The van der Waals surface area contributed by atoms with Gasteiger partial charge in [-0.1, -0.05) is 22.0 Å². The number of rotatable bonds is 4. The fraction of sp³-hybridized carbons (Fsp3) is 0.200. The summed E-state index contributed by atoms with van der Waals surface area (Å²) in [5, 5.41) is 5.93. The monoisotopic (exact) mass is 333 g/mol. The van der Waals surface area contributed by atoms with Crippen LogP contribution >= 0.6 is 15.9 Å². The first-order valence-electron chi connectivity index (χ1n) is 6.38. The van der Waals surface area contributed by atoms with Crippen molar-refractivity contribution < 1.29 is 4.79 Å². The fourth-order valence-electron chi connectivity index (χ4n) is 1.76. The highest BCUT2D eigenvalue weighted by molar-refractivity contribution is 9.10. The second-order valence-corrected chi connectivity index (χ2v) is 5.21. The van der Waals surface area contributed by atoms with Crippen molar-refractivity contribution in [2.24, 2.45) is 0 Å². The molecule has 0 saturated heterocycles. The van der Waals surface area contributed by atoms with Crippen LogP contribution in [0.25, 0.3) is 0 Å². The van der Waals surface area contributed by atoms with Crippen molar-refractivity contribution in [3.05, 3.63) is 52.1 Å². The summed E-state index contributed by atoms with van der Waals surface area (Å²) in [4.78, 5) is 16.4. The van der Waals surface area contributed by atoms with Crippen LogP contribution in [0.1, 0.15) is 23.0 Å². The number of hydrogen-bond acceptors (Lipinski definition) is 3. The van der Waals surface area contributed by atoms with Crippen LogP contribution in [-0.4, -0.2) is 17.4 Å². The number of nitrogens with zero attached hydrogens (tertiary/aromatic N) is 1. The number of amides is 1. The summed E-state index contributed by atoms with van der Waals surface area (Å²) in [5.74, 6) is 0.485. The average molecular weight is 334 g/mol. The number of hydrogen-bond donors (Lipinski definition) is 2. The van der Waals surface area contributed by atoms with Gasteiger partial charge in [0, 0.05) is 16.7 Å². The van der Waals surface area contributed by atoms with Gasteiger partial charge in [-0.15, -0.1) is 0 Å². The minimum Gasteiger partial charge on any atom is -0.370 e. The van der Waals surface area contributed by atoms with Gasteiger partial charge in [-0.05, 0) is 49.7 Å². The molecular formula is C15H16BrN3O. The van der Waals surface area contributed by atoms with Gasteiger partial charge in [-0.2, -0.15) is 0 Å². The number of aromatic nitrogens is 1. The lowest BCUT2D eigenvalue weighted by Crippen LogP contribution is -2.14. The Bertz CT molecular complexity index is 628. The first kappa shape index (κ1) is 14.5. The largest absolute Gasteiger partial charge is 0.370 e. The van der Waals surface area contributed by atoms with E-state index < -0.39 is 0 Å². The molecule has 20 heavy (non-hydrogen) atoms. The van der Waals surface area contributed by atoms with Crippen LogP contribution in [-0.2, 0) is 0 Å². The molecule has 4 nitrogen and oxygen atoms in total. The molecule has 1 amide bonds. The number of carbonyl (C=O) groups is 1. The van der Waals surface area contributed by atoms with E-state index in [1.807, 2.05) is 44.2 Å². The molecule has 1 aromatic heterocycles. The molecule has 0 bridgehead atoms. The number of halogens is 1. The number of aryl methyl sites for hydroxylation is 1. The topological polar surface area (TPSA) is 54.0 Å². The summed E-state index contributed by atoms with van der Waals surface area (Å²) in [6.45, 7) is 4.73. The molecule has 2 aromatic rings. The lowest BCUT2D eigenvalue weighted by atomic mass is 10.2. The van der Waals surface area contributed by atoms with E-state index in [1.165, 1.54) is 0 Å². The molecule has 2 N–H and O–H groups in total. The molecule has 104 valence electrons. The maximum Gasteiger partial charge on any atom is 0.274 e. The highest BCUT2D eigenvalue weighted by Gasteiger charge is 2.09. The minimum atomic E-state index is -0.216. The summed E-state index contributed by atoms with van der Waals surface area (Å²) >= 11 is 3.43. The third-order valence-electron chi connectivity index (χ3n) is 2.76. The summed E-state index contributed by atoms with van der Waals surface area (Å²) in [6, 6.07) is 11.0. The Morgan fingerprint density at radius 3 is 2.80 bits per heavy atom. The van der Waals surface area contributed by atoms with Crippen molar-refractivity contribution in [1.82, 2.24) is 4.98 Å². The highest BCUT2D eigenvalue weighted by Crippen LogP contribution is 2.20. The van der Waals surface area contributed by atoms with E-state index in [9.17, 15) is 4.79 Å². The summed E-state index contributed by atoms with van der Waals surface area (Å²) in [6.07, 6.45) is 0. The van der Waals surface area contributed by atoms with E-state index >= 15 is 0 Å². The Labute approximate surface area is 126 Å². The van der Waals surface area contributed by atoms with Crippen LogP contribution in [0.4, 0.5) is 11.5 Å². The summed E-state index contributed by atoms with van der Waals surface area (Å²) < 4.78 is 1.02. The Balaban J connectivity index is 2.15. The molecule has 0 unspecified atom stereocenters. The smallest absolute Gasteiger partial charge is 0.274 e. The molecule has 2 rings (SSSR count). The quantitative estimate of drug-likeness (QED) is 0.893. The molecular weight excluding hydrogens is 318 g/mol.